The van der Waals surface area contributed by atoms with E-state index < -0.39 is 11.2 Å². The molecule has 2 atom stereocenters. The summed E-state index contributed by atoms with van der Waals surface area (Å²) in [6, 6.07) is 0. The van der Waals surface area contributed by atoms with Gasteiger partial charge in [0.2, 0.25) is 0 Å². The van der Waals surface area contributed by atoms with Crippen LogP contribution in [0.5, 0.6) is 0 Å². The van der Waals surface area contributed by atoms with Crippen LogP contribution in [0.25, 0.3) is 0 Å². The van der Waals surface area contributed by atoms with E-state index in [1.54, 1.807) is 0 Å². The highest BCUT2D eigenvalue weighted by Gasteiger charge is 2.40. The van der Waals surface area contributed by atoms with Crippen molar-refractivity contribution < 1.29 is 8.78 Å². The molecule has 0 radical (unpaired) electrons. The molecule has 48 valence electrons. The molecule has 0 aromatic heterocycles. The molecule has 1 aliphatic carbocycles. The van der Waals surface area contributed by atoms with Gasteiger partial charge in [0.25, 0.3) is 0 Å². The van der Waals surface area contributed by atoms with E-state index in [0.29, 0.717) is 12.8 Å². The Kier molecular flexibility index (Phi) is 1.48. The van der Waals surface area contributed by atoms with Crippen LogP contribution in [0.4, 0.5) is 8.78 Å². The molecule has 0 aromatic carbocycles. The van der Waals surface area contributed by atoms with Crippen molar-refractivity contribution in [3.63, 3.8) is 0 Å². The van der Waals surface area contributed by atoms with Gasteiger partial charge >= 0.3 is 0 Å². The first kappa shape index (κ1) is 6.33. The molecule has 1 fully saturated rings. The number of halogens is 2. The SMILES string of the molecule is FC1CCCC1(F)S. The van der Waals surface area contributed by atoms with Gasteiger partial charge in [0.05, 0.1) is 0 Å². The second-order valence-corrected chi connectivity index (χ2v) is 2.92. The van der Waals surface area contributed by atoms with E-state index in [1.807, 2.05) is 0 Å². The Morgan fingerprint density at radius 2 is 2.25 bits per heavy atom. The summed E-state index contributed by atoms with van der Waals surface area (Å²) in [6.45, 7) is 0. The minimum Gasteiger partial charge on any atom is -0.243 e. The quantitative estimate of drug-likeness (QED) is 0.487. The Morgan fingerprint density at radius 3 is 2.38 bits per heavy atom. The van der Waals surface area contributed by atoms with Crippen LogP contribution in [-0.2, 0) is 0 Å². The summed E-state index contributed by atoms with van der Waals surface area (Å²) in [4.78, 5) is 0. The summed E-state index contributed by atoms with van der Waals surface area (Å²) in [7, 11) is 0. The van der Waals surface area contributed by atoms with E-state index in [-0.39, 0.29) is 6.42 Å². The van der Waals surface area contributed by atoms with E-state index in [2.05, 4.69) is 12.6 Å². The number of hydrogen-bond donors (Lipinski definition) is 1. The molecule has 0 saturated heterocycles. The van der Waals surface area contributed by atoms with Gasteiger partial charge in [0.15, 0.2) is 5.00 Å². The Hall–Kier alpha value is 0.210. The third-order valence-electron chi connectivity index (χ3n) is 1.46. The predicted molar refractivity (Wildman–Crippen MR) is 31.6 cm³/mol. The highest BCUT2D eigenvalue weighted by molar-refractivity contribution is 7.81. The normalized spacial score (nSPS) is 47.6. The van der Waals surface area contributed by atoms with Crippen LogP contribution in [0.3, 0.4) is 0 Å². The smallest absolute Gasteiger partial charge is 0.184 e. The van der Waals surface area contributed by atoms with Crippen LogP contribution >= 0.6 is 12.6 Å². The fourth-order valence-corrected chi connectivity index (χ4v) is 1.19. The molecule has 1 rings (SSSR count). The van der Waals surface area contributed by atoms with Crippen molar-refractivity contribution in [2.45, 2.75) is 30.4 Å². The minimum atomic E-state index is -1.82. The van der Waals surface area contributed by atoms with Gasteiger partial charge in [0, 0.05) is 0 Å². The zero-order chi connectivity index (χ0) is 6.20. The van der Waals surface area contributed by atoms with Gasteiger partial charge in [-0.05, 0) is 19.3 Å². The van der Waals surface area contributed by atoms with Crippen molar-refractivity contribution in [1.82, 2.24) is 0 Å². The monoisotopic (exact) mass is 138 g/mol. The molecule has 0 heterocycles. The molecule has 1 aliphatic rings. The fraction of sp³-hybridized carbons (Fsp3) is 1.00. The van der Waals surface area contributed by atoms with Crippen LogP contribution in [0.2, 0.25) is 0 Å². The van der Waals surface area contributed by atoms with Gasteiger partial charge in [-0.1, -0.05) is 0 Å². The zero-order valence-electron chi connectivity index (χ0n) is 4.40. The largest absolute Gasteiger partial charge is 0.243 e. The average molecular weight is 138 g/mol. The molecular weight excluding hydrogens is 130 g/mol. The molecule has 0 amide bonds. The van der Waals surface area contributed by atoms with Crippen molar-refractivity contribution in [3.05, 3.63) is 0 Å². The first-order chi connectivity index (χ1) is 3.63. The highest BCUT2D eigenvalue weighted by Crippen LogP contribution is 2.38. The molecule has 0 aliphatic heterocycles. The summed E-state index contributed by atoms with van der Waals surface area (Å²) in [5, 5.41) is -1.82. The maximum atomic E-state index is 12.5. The molecule has 2 unspecified atom stereocenters. The van der Waals surface area contributed by atoms with Crippen molar-refractivity contribution >= 4 is 12.6 Å². The zero-order valence-corrected chi connectivity index (χ0v) is 5.30. The third-order valence-corrected chi connectivity index (χ3v) is 1.97. The van der Waals surface area contributed by atoms with Crippen LogP contribution in [0.1, 0.15) is 19.3 Å². The predicted octanol–water partition coefficient (Wildman–Crippen LogP) is 2.10. The maximum Gasteiger partial charge on any atom is 0.184 e. The van der Waals surface area contributed by atoms with Crippen LogP contribution < -0.4 is 0 Å². The van der Waals surface area contributed by atoms with Crippen LogP contribution in [0.15, 0.2) is 0 Å². The number of thiol groups is 1. The number of alkyl halides is 2. The molecule has 0 nitrogen and oxygen atoms in total. The Labute approximate surface area is 52.7 Å². The van der Waals surface area contributed by atoms with Crippen molar-refractivity contribution in [2.24, 2.45) is 0 Å². The number of hydrogen-bond acceptors (Lipinski definition) is 1. The van der Waals surface area contributed by atoms with Crippen molar-refractivity contribution in [3.8, 4) is 0 Å². The summed E-state index contributed by atoms with van der Waals surface area (Å²) in [5.74, 6) is 0. The lowest BCUT2D eigenvalue weighted by Gasteiger charge is -2.12. The lowest BCUT2D eigenvalue weighted by Crippen LogP contribution is -2.20. The van der Waals surface area contributed by atoms with E-state index in [0.717, 1.165) is 0 Å². The summed E-state index contributed by atoms with van der Waals surface area (Å²) in [6.07, 6.45) is -0.121. The van der Waals surface area contributed by atoms with Crippen LogP contribution in [-0.4, -0.2) is 11.2 Å². The van der Waals surface area contributed by atoms with E-state index in [4.69, 9.17) is 0 Å². The third kappa shape index (κ3) is 0.966. The molecular formula is C5H8F2S. The number of rotatable bonds is 0. The van der Waals surface area contributed by atoms with Gasteiger partial charge < -0.3 is 0 Å². The Bertz CT molecular complexity index is 92.4. The summed E-state index contributed by atoms with van der Waals surface area (Å²) in [5.41, 5.74) is 0. The molecule has 3 heteroatoms. The van der Waals surface area contributed by atoms with E-state index in [1.165, 1.54) is 0 Å². The van der Waals surface area contributed by atoms with Gasteiger partial charge in [-0.3, -0.25) is 0 Å². The topological polar surface area (TPSA) is 0 Å². The van der Waals surface area contributed by atoms with Gasteiger partial charge in [-0.15, -0.1) is 12.6 Å². The van der Waals surface area contributed by atoms with E-state index in [9.17, 15) is 8.78 Å². The molecule has 0 spiro atoms. The first-order valence-corrected chi connectivity index (χ1v) is 3.13. The van der Waals surface area contributed by atoms with Crippen LogP contribution in [0, 0.1) is 0 Å². The lowest BCUT2D eigenvalue weighted by molar-refractivity contribution is 0.169. The first-order valence-electron chi connectivity index (χ1n) is 2.68. The minimum absolute atomic E-state index is 0.261. The second-order valence-electron chi connectivity index (χ2n) is 2.18. The average Bonchev–Trinajstić information content (AvgIpc) is 1.86. The Morgan fingerprint density at radius 1 is 1.62 bits per heavy atom. The summed E-state index contributed by atoms with van der Waals surface area (Å²) < 4.78 is 24.7. The van der Waals surface area contributed by atoms with Gasteiger partial charge in [0.1, 0.15) is 6.17 Å². The van der Waals surface area contributed by atoms with E-state index >= 15 is 0 Å². The molecule has 0 N–H and O–H groups in total. The standard InChI is InChI=1S/C5H8F2S/c6-4-2-1-3-5(4,7)8/h4,8H,1-3H2. The summed E-state index contributed by atoms with van der Waals surface area (Å²) >= 11 is 3.50. The van der Waals surface area contributed by atoms with Gasteiger partial charge in [-0.2, -0.15) is 0 Å². The molecule has 8 heavy (non-hydrogen) atoms. The molecule has 0 bridgehead atoms. The van der Waals surface area contributed by atoms with Gasteiger partial charge in [-0.25, -0.2) is 8.78 Å². The molecule has 1 saturated carbocycles. The Balaban J connectivity index is 2.54. The maximum absolute atomic E-state index is 12.5. The highest BCUT2D eigenvalue weighted by atomic mass is 32.1. The molecule has 0 aromatic rings. The van der Waals surface area contributed by atoms with Crippen molar-refractivity contribution in [2.75, 3.05) is 0 Å². The lowest BCUT2D eigenvalue weighted by atomic mass is 10.3. The second kappa shape index (κ2) is 1.87. The fourth-order valence-electron chi connectivity index (χ4n) is 0.907. The van der Waals surface area contributed by atoms with Crippen molar-refractivity contribution in [1.29, 1.82) is 0 Å².